The molecule has 1 amide bonds. The molecule has 0 spiro atoms. The number of rotatable bonds is 9. The lowest BCUT2D eigenvalue weighted by Crippen LogP contribution is -2.44. The lowest BCUT2D eigenvalue weighted by Gasteiger charge is -2.18. The van der Waals surface area contributed by atoms with Crippen molar-refractivity contribution in [3.63, 3.8) is 0 Å². The molecule has 2 rings (SSSR count). The second-order valence-corrected chi connectivity index (χ2v) is 7.65. The minimum atomic E-state index is -0.820. The SMILES string of the molecule is COC(=O)[C@@H](CC(C)C)NC(=O)COC(=O)c1ccccc1C(=O)c1cccs1. The minimum absolute atomic E-state index is 0.0744. The fourth-order valence-electron chi connectivity index (χ4n) is 2.67. The van der Waals surface area contributed by atoms with Gasteiger partial charge in [0.05, 0.1) is 17.6 Å². The van der Waals surface area contributed by atoms with Gasteiger partial charge in [-0.05, 0) is 29.9 Å². The van der Waals surface area contributed by atoms with Crippen LogP contribution < -0.4 is 5.32 Å². The van der Waals surface area contributed by atoms with Crippen molar-refractivity contribution in [1.82, 2.24) is 5.32 Å². The Bertz CT molecular complexity index is 875. The number of thiophene rings is 1. The minimum Gasteiger partial charge on any atom is -0.467 e. The number of carbonyl (C=O) groups excluding carboxylic acids is 4. The van der Waals surface area contributed by atoms with Gasteiger partial charge in [0, 0.05) is 5.56 Å². The molecule has 1 atom stereocenters. The van der Waals surface area contributed by atoms with Crippen molar-refractivity contribution in [3.8, 4) is 0 Å². The van der Waals surface area contributed by atoms with E-state index in [-0.39, 0.29) is 22.8 Å². The number of hydrogen-bond donors (Lipinski definition) is 1. The molecule has 7 nitrogen and oxygen atoms in total. The molecule has 0 aliphatic rings. The first-order chi connectivity index (χ1) is 13.8. The van der Waals surface area contributed by atoms with Gasteiger partial charge >= 0.3 is 11.9 Å². The fraction of sp³-hybridized carbons (Fsp3) is 0.333. The van der Waals surface area contributed by atoms with Gasteiger partial charge in [0.25, 0.3) is 5.91 Å². The number of amides is 1. The van der Waals surface area contributed by atoms with Gasteiger partial charge in [-0.15, -0.1) is 11.3 Å². The van der Waals surface area contributed by atoms with Gasteiger partial charge < -0.3 is 14.8 Å². The lowest BCUT2D eigenvalue weighted by molar-refractivity contribution is -0.145. The number of nitrogens with one attached hydrogen (secondary N) is 1. The first kappa shape index (κ1) is 22.3. The molecule has 29 heavy (non-hydrogen) atoms. The van der Waals surface area contributed by atoms with Gasteiger partial charge in [-0.1, -0.05) is 38.1 Å². The Balaban J connectivity index is 2.03. The number of hydrogen-bond acceptors (Lipinski definition) is 7. The summed E-state index contributed by atoms with van der Waals surface area (Å²) < 4.78 is 9.75. The van der Waals surface area contributed by atoms with E-state index in [1.54, 1.807) is 29.6 Å². The van der Waals surface area contributed by atoms with Gasteiger partial charge in [-0.2, -0.15) is 0 Å². The Kier molecular flexibility index (Phi) is 8.09. The molecule has 1 N–H and O–H groups in total. The van der Waals surface area contributed by atoms with Gasteiger partial charge in [0.2, 0.25) is 5.78 Å². The highest BCUT2D eigenvalue weighted by atomic mass is 32.1. The lowest BCUT2D eigenvalue weighted by atomic mass is 10.0. The maximum atomic E-state index is 12.6. The molecule has 1 aromatic heterocycles. The summed E-state index contributed by atoms with van der Waals surface area (Å²) in [6.07, 6.45) is 0.393. The molecular weight excluding hydrogens is 394 g/mol. The van der Waals surface area contributed by atoms with Crippen molar-refractivity contribution in [2.75, 3.05) is 13.7 Å². The van der Waals surface area contributed by atoms with E-state index in [1.807, 2.05) is 13.8 Å². The highest BCUT2D eigenvalue weighted by molar-refractivity contribution is 7.12. The summed E-state index contributed by atoms with van der Waals surface area (Å²) in [4.78, 5) is 49.5. The molecule has 0 aliphatic carbocycles. The highest BCUT2D eigenvalue weighted by Crippen LogP contribution is 2.19. The van der Waals surface area contributed by atoms with Crippen molar-refractivity contribution in [2.24, 2.45) is 5.92 Å². The van der Waals surface area contributed by atoms with Crippen LogP contribution in [0, 0.1) is 5.92 Å². The molecule has 154 valence electrons. The van der Waals surface area contributed by atoms with E-state index in [1.165, 1.54) is 30.6 Å². The predicted molar refractivity (Wildman–Crippen MR) is 108 cm³/mol. The number of ketones is 1. The Labute approximate surface area is 173 Å². The summed E-state index contributed by atoms with van der Waals surface area (Å²) in [5, 5.41) is 4.28. The predicted octanol–water partition coefficient (Wildman–Crippen LogP) is 2.84. The number of methoxy groups -OCH3 is 1. The quantitative estimate of drug-likeness (QED) is 0.498. The van der Waals surface area contributed by atoms with E-state index in [2.05, 4.69) is 10.1 Å². The third-order valence-corrected chi connectivity index (χ3v) is 4.87. The third kappa shape index (κ3) is 6.25. The second-order valence-electron chi connectivity index (χ2n) is 6.70. The van der Waals surface area contributed by atoms with Crippen LogP contribution in [-0.4, -0.2) is 43.4 Å². The first-order valence-electron chi connectivity index (χ1n) is 9.05. The zero-order chi connectivity index (χ0) is 21.4. The van der Waals surface area contributed by atoms with Crippen molar-refractivity contribution < 1.29 is 28.7 Å². The highest BCUT2D eigenvalue weighted by Gasteiger charge is 2.24. The van der Waals surface area contributed by atoms with Gasteiger partial charge in [-0.25, -0.2) is 9.59 Å². The van der Waals surface area contributed by atoms with Gasteiger partial charge in [0.15, 0.2) is 6.61 Å². The summed E-state index contributed by atoms with van der Waals surface area (Å²) in [6.45, 7) is 3.24. The van der Waals surface area contributed by atoms with E-state index < -0.39 is 30.5 Å². The van der Waals surface area contributed by atoms with E-state index in [0.29, 0.717) is 11.3 Å². The Morgan fingerprint density at radius 3 is 2.31 bits per heavy atom. The molecule has 2 aromatic rings. The summed E-state index contributed by atoms with van der Waals surface area (Å²) in [5.41, 5.74) is 0.276. The van der Waals surface area contributed by atoms with Crippen molar-refractivity contribution in [2.45, 2.75) is 26.3 Å². The zero-order valence-corrected chi connectivity index (χ0v) is 17.3. The zero-order valence-electron chi connectivity index (χ0n) is 16.5. The largest absolute Gasteiger partial charge is 0.467 e. The van der Waals surface area contributed by atoms with Crippen LogP contribution in [0.3, 0.4) is 0 Å². The summed E-state index contributed by atoms with van der Waals surface area (Å²) >= 11 is 1.27. The van der Waals surface area contributed by atoms with Crippen molar-refractivity contribution in [1.29, 1.82) is 0 Å². The molecule has 1 aromatic carbocycles. The van der Waals surface area contributed by atoms with Crippen LogP contribution in [0.2, 0.25) is 0 Å². The number of carbonyl (C=O) groups is 4. The molecule has 0 fully saturated rings. The van der Waals surface area contributed by atoms with E-state index >= 15 is 0 Å². The molecule has 0 saturated heterocycles. The molecule has 0 aliphatic heterocycles. The maximum Gasteiger partial charge on any atom is 0.339 e. The monoisotopic (exact) mass is 417 g/mol. The third-order valence-electron chi connectivity index (χ3n) is 4.00. The average Bonchev–Trinajstić information content (AvgIpc) is 3.25. The molecular formula is C21H23NO6S. The van der Waals surface area contributed by atoms with Crippen LogP contribution in [0.15, 0.2) is 41.8 Å². The van der Waals surface area contributed by atoms with Crippen LogP contribution in [0.25, 0.3) is 0 Å². The summed E-state index contributed by atoms with van der Waals surface area (Å²) in [7, 11) is 1.24. The molecule has 0 saturated carbocycles. The first-order valence-corrected chi connectivity index (χ1v) is 9.93. The normalized spacial score (nSPS) is 11.6. The van der Waals surface area contributed by atoms with Gasteiger partial charge in [0.1, 0.15) is 6.04 Å². The maximum absolute atomic E-state index is 12.6. The fourth-order valence-corrected chi connectivity index (χ4v) is 3.35. The number of esters is 2. The van der Waals surface area contributed by atoms with E-state index in [4.69, 9.17) is 4.74 Å². The topological polar surface area (TPSA) is 98.8 Å². The van der Waals surface area contributed by atoms with Crippen LogP contribution in [-0.2, 0) is 19.1 Å². The number of ether oxygens (including phenoxy) is 2. The van der Waals surface area contributed by atoms with E-state index in [0.717, 1.165) is 0 Å². The van der Waals surface area contributed by atoms with Gasteiger partial charge in [-0.3, -0.25) is 9.59 Å². The van der Waals surface area contributed by atoms with Crippen LogP contribution >= 0.6 is 11.3 Å². The Hall–Kier alpha value is -3.00. The molecule has 1 heterocycles. The Morgan fingerprint density at radius 1 is 1.03 bits per heavy atom. The van der Waals surface area contributed by atoms with Crippen LogP contribution in [0.1, 0.15) is 45.9 Å². The van der Waals surface area contributed by atoms with Crippen molar-refractivity contribution in [3.05, 3.63) is 57.8 Å². The van der Waals surface area contributed by atoms with E-state index in [9.17, 15) is 19.2 Å². The molecule has 0 radical (unpaired) electrons. The second kappa shape index (κ2) is 10.5. The summed E-state index contributed by atoms with van der Waals surface area (Å²) in [6, 6.07) is 8.86. The molecule has 8 heteroatoms. The molecule has 0 unspecified atom stereocenters. The Morgan fingerprint density at radius 2 is 1.72 bits per heavy atom. The van der Waals surface area contributed by atoms with Crippen LogP contribution in [0.4, 0.5) is 0 Å². The molecule has 0 bridgehead atoms. The smallest absolute Gasteiger partial charge is 0.339 e. The average molecular weight is 417 g/mol. The van der Waals surface area contributed by atoms with Crippen LogP contribution in [0.5, 0.6) is 0 Å². The standard InChI is InChI=1S/C21H23NO6S/c1-13(2)11-16(21(26)27-3)22-18(23)12-28-20(25)15-8-5-4-7-14(15)19(24)17-9-6-10-29-17/h4-10,13,16H,11-12H2,1-3H3,(H,22,23)/t16-/m1/s1. The summed E-state index contributed by atoms with van der Waals surface area (Å²) in [5.74, 6) is -2.13. The number of benzene rings is 1. The van der Waals surface area contributed by atoms with Crippen molar-refractivity contribution >= 4 is 35.0 Å².